The molecule has 2 saturated heterocycles. The molecule has 0 bridgehead atoms. The lowest BCUT2D eigenvalue weighted by Crippen LogP contribution is -2.45. The molecule has 0 aliphatic carbocycles. The Balaban J connectivity index is 1.39. The van der Waals surface area contributed by atoms with Crippen LogP contribution in [0.5, 0.6) is 0 Å². The van der Waals surface area contributed by atoms with Crippen molar-refractivity contribution in [1.82, 2.24) is 14.4 Å². The van der Waals surface area contributed by atoms with E-state index in [1.807, 2.05) is 30.7 Å². The minimum absolute atomic E-state index is 0.0349. The van der Waals surface area contributed by atoms with Crippen LogP contribution in [0.1, 0.15) is 33.1 Å². The van der Waals surface area contributed by atoms with Gasteiger partial charge in [-0.2, -0.15) is 0 Å². The fraction of sp³-hybridized carbons (Fsp3) is 0.455. The van der Waals surface area contributed by atoms with Gasteiger partial charge < -0.3 is 9.64 Å². The largest absolute Gasteiger partial charge is 0.374 e. The number of imidazole rings is 1. The van der Waals surface area contributed by atoms with Crippen molar-refractivity contribution in [2.24, 2.45) is 5.41 Å². The van der Waals surface area contributed by atoms with Crippen LogP contribution in [0.2, 0.25) is 10.0 Å². The highest BCUT2D eigenvalue weighted by Crippen LogP contribution is 2.45. The summed E-state index contributed by atoms with van der Waals surface area (Å²) in [6, 6.07) is 5.65. The lowest BCUT2D eigenvalue weighted by molar-refractivity contribution is -0.0164. The van der Waals surface area contributed by atoms with E-state index in [1.165, 1.54) is 11.8 Å². The van der Waals surface area contributed by atoms with Crippen molar-refractivity contribution in [3.8, 4) is 0 Å². The van der Waals surface area contributed by atoms with Crippen molar-refractivity contribution in [1.29, 1.82) is 0 Å². The molecule has 30 heavy (non-hydrogen) atoms. The van der Waals surface area contributed by atoms with Gasteiger partial charge in [-0.05, 0) is 36.8 Å². The minimum atomic E-state index is 0.0349. The first-order chi connectivity index (χ1) is 14.4. The SMILES string of the molecule is CC1(C)COC2(CCN(c3ncc(Sc4cccc(Cl)c4Cl)c4nccn34)CC2)C1. The van der Waals surface area contributed by atoms with Gasteiger partial charge in [-0.15, -0.1) is 0 Å². The molecule has 3 aromatic rings. The van der Waals surface area contributed by atoms with E-state index in [1.54, 1.807) is 6.07 Å². The van der Waals surface area contributed by atoms with E-state index < -0.39 is 0 Å². The first-order valence-corrected chi connectivity index (χ1v) is 11.8. The van der Waals surface area contributed by atoms with Crippen LogP contribution < -0.4 is 4.90 Å². The maximum atomic E-state index is 6.38. The molecule has 8 heteroatoms. The summed E-state index contributed by atoms with van der Waals surface area (Å²) in [5.41, 5.74) is 1.19. The summed E-state index contributed by atoms with van der Waals surface area (Å²) in [6.45, 7) is 7.32. The van der Waals surface area contributed by atoms with Crippen molar-refractivity contribution in [2.45, 2.75) is 48.5 Å². The van der Waals surface area contributed by atoms with Crippen LogP contribution in [0.4, 0.5) is 5.95 Å². The molecule has 0 saturated carbocycles. The average Bonchev–Trinajstić information content (AvgIpc) is 3.32. The van der Waals surface area contributed by atoms with Gasteiger partial charge in [0.15, 0.2) is 5.65 Å². The molecule has 5 nitrogen and oxygen atoms in total. The van der Waals surface area contributed by atoms with Crippen LogP contribution in [0.3, 0.4) is 0 Å². The van der Waals surface area contributed by atoms with Crippen molar-refractivity contribution < 1.29 is 4.74 Å². The fourth-order valence-corrected chi connectivity index (χ4v) is 6.03. The number of nitrogens with zero attached hydrogens (tertiary/aromatic N) is 4. The Morgan fingerprint density at radius 3 is 2.63 bits per heavy atom. The Morgan fingerprint density at radius 2 is 1.90 bits per heavy atom. The molecule has 2 aliphatic heterocycles. The lowest BCUT2D eigenvalue weighted by atomic mass is 9.79. The smallest absolute Gasteiger partial charge is 0.211 e. The van der Waals surface area contributed by atoms with Gasteiger partial charge in [0.2, 0.25) is 5.95 Å². The summed E-state index contributed by atoms with van der Waals surface area (Å²) in [5.74, 6) is 0.927. The van der Waals surface area contributed by atoms with Crippen molar-refractivity contribution in [3.05, 3.63) is 46.8 Å². The highest BCUT2D eigenvalue weighted by Gasteiger charge is 2.46. The maximum Gasteiger partial charge on any atom is 0.211 e. The molecular weight excluding hydrogens is 439 g/mol. The van der Waals surface area contributed by atoms with Gasteiger partial charge in [0.1, 0.15) is 0 Å². The number of rotatable bonds is 3. The van der Waals surface area contributed by atoms with Gasteiger partial charge in [-0.25, -0.2) is 9.97 Å². The second-order valence-electron chi connectivity index (χ2n) is 9.00. The van der Waals surface area contributed by atoms with Crippen molar-refractivity contribution in [2.75, 3.05) is 24.6 Å². The Bertz CT molecular complexity index is 1090. The Morgan fingerprint density at radius 1 is 1.10 bits per heavy atom. The molecule has 5 rings (SSSR count). The topological polar surface area (TPSA) is 42.7 Å². The molecule has 0 unspecified atom stereocenters. The number of anilines is 1. The summed E-state index contributed by atoms with van der Waals surface area (Å²) in [5, 5.41) is 1.10. The van der Waals surface area contributed by atoms with Crippen LogP contribution in [0, 0.1) is 5.41 Å². The van der Waals surface area contributed by atoms with Crippen LogP contribution in [-0.4, -0.2) is 39.7 Å². The Hall–Kier alpha value is -1.47. The Labute approximate surface area is 190 Å². The van der Waals surface area contributed by atoms with Crippen LogP contribution in [0.25, 0.3) is 5.65 Å². The monoisotopic (exact) mass is 462 g/mol. The summed E-state index contributed by atoms with van der Waals surface area (Å²) >= 11 is 14.1. The van der Waals surface area contributed by atoms with Gasteiger partial charge in [0, 0.05) is 36.6 Å². The van der Waals surface area contributed by atoms with Crippen molar-refractivity contribution in [3.63, 3.8) is 0 Å². The van der Waals surface area contributed by atoms with E-state index in [4.69, 9.17) is 32.9 Å². The molecule has 0 N–H and O–H groups in total. The maximum absolute atomic E-state index is 6.38. The number of ether oxygens (including phenoxy) is 1. The molecule has 0 amide bonds. The third-order valence-corrected chi connectivity index (χ3v) is 8.04. The predicted molar refractivity (Wildman–Crippen MR) is 122 cm³/mol. The van der Waals surface area contributed by atoms with Crippen molar-refractivity contribution >= 4 is 46.6 Å². The van der Waals surface area contributed by atoms with Crippen LogP contribution in [0.15, 0.2) is 46.6 Å². The Kier molecular flexibility index (Phi) is 5.17. The number of aromatic nitrogens is 3. The quantitative estimate of drug-likeness (QED) is 0.479. The standard InChI is InChI=1S/C22H24Cl2N4OS/c1-21(2)13-22(29-14-21)6-9-27(10-7-22)20-26-12-17(19-25-8-11-28(19)20)30-16-5-3-4-15(23)18(16)24/h3-5,8,11-12H,6-7,9-10,13-14H2,1-2H3. The summed E-state index contributed by atoms with van der Waals surface area (Å²) in [7, 11) is 0. The highest BCUT2D eigenvalue weighted by atomic mass is 35.5. The highest BCUT2D eigenvalue weighted by molar-refractivity contribution is 7.99. The van der Waals surface area contributed by atoms with E-state index in [2.05, 4.69) is 28.1 Å². The van der Waals surface area contributed by atoms with E-state index in [9.17, 15) is 0 Å². The summed E-state index contributed by atoms with van der Waals surface area (Å²) in [6.07, 6.45) is 8.88. The van der Waals surface area contributed by atoms with E-state index in [0.717, 1.165) is 60.3 Å². The molecule has 1 aromatic carbocycles. The molecule has 2 aliphatic rings. The van der Waals surface area contributed by atoms with Crippen LogP contribution >= 0.6 is 35.0 Å². The second-order valence-corrected chi connectivity index (χ2v) is 10.9. The van der Waals surface area contributed by atoms with Gasteiger partial charge in [-0.1, -0.05) is 54.9 Å². The average molecular weight is 463 g/mol. The van der Waals surface area contributed by atoms with Gasteiger partial charge in [0.05, 0.1) is 27.1 Å². The predicted octanol–water partition coefficient (Wildman–Crippen LogP) is 5.97. The summed E-state index contributed by atoms with van der Waals surface area (Å²) < 4.78 is 8.33. The number of fused-ring (bicyclic) bond motifs is 1. The summed E-state index contributed by atoms with van der Waals surface area (Å²) in [4.78, 5) is 13.6. The number of piperidine rings is 1. The van der Waals surface area contributed by atoms with E-state index in [0.29, 0.717) is 10.0 Å². The number of hydrogen-bond acceptors (Lipinski definition) is 5. The molecule has 2 fully saturated rings. The zero-order valence-electron chi connectivity index (χ0n) is 17.1. The van der Waals surface area contributed by atoms with Gasteiger partial charge >= 0.3 is 0 Å². The minimum Gasteiger partial charge on any atom is -0.374 e. The van der Waals surface area contributed by atoms with Gasteiger partial charge in [-0.3, -0.25) is 4.40 Å². The van der Waals surface area contributed by atoms with E-state index in [-0.39, 0.29) is 11.0 Å². The second kappa shape index (κ2) is 7.59. The molecular formula is C22H24Cl2N4OS. The molecule has 1 spiro atoms. The molecule has 0 radical (unpaired) electrons. The molecule has 4 heterocycles. The number of benzene rings is 1. The van der Waals surface area contributed by atoms with Crippen LogP contribution in [-0.2, 0) is 4.74 Å². The third kappa shape index (κ3) is 3.68. The first kappa shape index (κ1) is 20.4. The molecule has 2 aromatic heterocycles. The third-order valence-electron chi connectivity index (χ3n) is 6.04. The first-order valence-electron chi connectivity index (χ1n) is 10.2. The fourth-order valence-electron chi connectivity index (χ4n) is 4.63. The molecule has 0 atom stereocenters. The molecule has 158 valence electrons. The number of halogens is 2. The number of hydrogen-bond donors (Lipinski definition) is 0. The lowest BCUT2D eigenvalue weighted by Gasteiger charge is -2.39. The zero-order chi connectivity index (χ0) is 20.9. The van der Waals surface area contributed by atoms with Gasteiger partial charge in [0.25, 0.3) is 0 Å². The zero-order valence-corrected chi connectivity index (χ0v) is 19.4. The normalized spacial score (nSPS) is 20.3. The van der Waals surface area contributed by atoms with E-state index >= 15 is 0 Å².